The van der Waals surface area contributed by atoms with E-state index in [2.05, 4.69) is 0 Å². The van der Waals surface area contributed by atoms with Crippen LogP contribution >= 0.6 is 23.2 Å². The number of nitrogens with zero attached hydrogens (tertiary/aromatic N) is 1. The third kappa shape index (κ3) is 5.03. The van der Waals surface area contributed by atoms with Crippen LogP contribution in [0.5, 0.6) is 5.75 Å². The van der Waals surface area contributed by atoms with E-state index < -0.39 is 12.4 Å². The third-order valence-electron chi connectivity index (χ3n) is 3.80. The Labute approximate surface area is 158 Å². The molecule has 0 N–H and O–H groups in total. The molecule has 2 rings (SSSR count). The largest absolute Gasteiger partial charge is 0.515 e. The summed E-state index contributed by atoms with van der Waals surface area (Å²) in [7, 11) is 0. The predicted molar refractivity (Wildman–Crippen MR) is 102 cm³/mol. The molecule has 4 nitrogen and oxygen atoms in total. The van der Waals surface area contributed by atoms with Gasteiger partial charge in [0.05, 0.1) is 0 Å². The Hall–Kier alpha value is -1.91. The molecule has 134 valence electrons. The molecule has 2 aromatic rings. The fourth-order valence-corrected chi connectivity index (χ4v) is 2.89. The minimum Gasteiger partial charge on any atom is -0.410 e. The Balaban J connectivity index is 2.06. The summed E-state index contributed by atoms with van der Waals surface area (Å²) < 4.78 is 10.7. The molecule has 1 unspecified atom stereocenters. The molecule has 2 aromatic carbocycles. The summed E-state index contributed by atoms with van der Waals surface area (Å²) in [6, 6.07) is 10.8. The first-order valence-electron chi connectivity index (χ1n) is 7.99. The second-order valence-electron chi connectivity index (χ2n) is 5.71. The summed E-state index contributed by atoms with van der Waals surface area (Å²) in [5.41, 5.74) is 2.55. The van der Waals surface area contributed by atoms with Gasteiger partial charge >= 0.3 is 6.16 Å². The number of benzene rings is 2. The lowest BCUT2D eigenvalue weighted by atomic mass is 10.1. The van der Waals surface area contributed by atoms with Crippen LogP contribution in [0.3, 0.4) is 0 Å². The van der Waals surface area contributed by atoms with Crippen molar-refractivity contribution in [3.8, 4) is 5.75 Å². The SMILES string of the molecule is CCN(c1cccc(Cl)c1)C(C)OC(=O)Oc1cc(C)c(Cl)c(C)c1. The van der Waals surface area contributed by atoms with Crippen LogP contribution in [0.25, 0.3) is 0 Å². The molecule has 0 aliphatic rings. The molecule has 0 saturated carbocycles. The van der Waals surface area contributed by atoms with E-state index in [0.29, 0.717) is 22.3 Å². The highest BCUT2D eigenvalue weighted by atomic mass is 35.5. The van der Waals surface area contributed by atoms with Gasteiger partial charge in [0, 0.05) is 22.3 Å². The van der Waals surface area contributed by atoms with Crippen molar-refractivity contribution in [2.24, 2.45) is 0 Å². The maximum Gasteiger partial charge on any atom is 0.515 e. The molecule has 0 aromatic heterocycles. The van der Waals surface area contributed by atoms with Crippen molar-refractivity contribution in [1.82, 2.24) is 0 Å². The lowest BCUT2D eigenvalue weighted by Crippen LogP contribution is -2.37. The molecule has 0 heterocycles. The van der Waals surface area contributed by atoms with Gasteiger partial charge in [-0.15, -0.1) is 0 Å². The lowest BCUT2D eigenvalue weighted by Gasteiger charge is -2.29. The highest BCUT2D eigenvalue weighted by Crippen LogP contribution is 2.26. The Morgan fingerprint density at radius 3 is 2.36 bits per heavy atom. The number of halogens is 2. The number of ether oxygens (including phenoxy) is 2. The minimum atomic E-state index is -0.769. The Bertz CT molecular complexity index is 741. The number of carbonyl (C=O) groups is 1. The van der Waals surface area contributed by atoms with Crippen LogP contribution in [0.15, 0.2) is 36.4 Å². The van der Waals surface area contributed by atoms with Gasteiger partial charge in [0.25, 0.3) is 0 Å². The summed E-state index contributed by atoms with van der Waals surface area (Å²) in [6.07, 6.45) is -1.28. The maximum absolute atomic E-state index is 12.1. The minimum absolute atomic E-state index is 0.405. The topological polar surface area (TPSA) is 38.8 Å². The molecule has 1 atom stereocenters. The zero-order chi connectivity index (χ0) is 18.6. The Kier molecular flexibility index (Phi) is 6.57. The number of hydrogen-bond acceptors (Lipinski definition) is 4. The summed E-state index contributed by atoms with van der Waals surface area (Å²) in [4.78, 5) is 14.0. The van der Waals surface area contributed by atoms with E-state index >= 15 is 0 Å². The number of hydrogen-bond donors (Lipinski definition) is 0. The fourth-order valence-electron chi connectivity index (χ4n) is 2.59. The first-order chi connectivity index (χ1) is 11.8. The highest BCUT2D eigenvalue weighted by Gasteiger charge is 2.19. The van der Waals surface area contributed by atoms with Crippen LogP contribution in [0.4, 0.5) is 10.5 Å². The monoisotopic (exact) mass is 381 g/mol. The second kappa shape index (κ2) is 8.45. The van der Waals surface area contributed by atoms with Gasteiger partial charge in [-0.1, -0.05) is 29.3 Å². The molecular formula is C19H21Cl2NO3. The Morgan fingerprint density at radius 1 is 1.16 bits per heavy atom. The molecule has 0 bridgehead atoms. The number of rotatable bonds is 5. The molecule has 0 aliphatic carbocycles. The van der Waals surface area contributed by atoms with Crippen molar-refractivity contribution >= 4 is 35.0 Å². The third-order valence-corrected chi connectivity index (χ3v) is 4.63. The molecule has 0 aliphatic heterocycles. The standard InChI is InChI=1S/C19H21Cl2NO3/c1-5-22(16-8-6-7-15(20)11-16)14(4)24-19(23)25-17-9-12(2)18(21)13(3)10-17/h6-11,14H,5H2,1-4H3. The van der Waals surface area contributed by atoms with Crippen molar-refractivity contribution in [2.45, 2.75) is 33.9 Å². The molecule has 25 heavy (non-hydrogen) atoms. The number of carbonyl (C=O) groups excluding carboxylic acids is 1. The summed E-state index contributed by atoms with van der Waals surface area (Å²) in [5.74, 6) is 0.405. The average Bonchev–Trinajstić information content (AvgIpc) is 2.53. The van der Waals surface area contributed by atoms with E-state index in [1.54, 1.807) is 25.1 Å². The number of aryl methyl sites for hydroxylation is 2. The van der Waals surface area contributed by atoms with Crippen LogP contribution in [0.2, 0.25) is 10.0 Å². The van der Waals surface area contributed by atoms with Crippen molar-refractivity contribution in [2.75, 3.05) is 11.4 Å². The normalized spacial score (nSPS) is 11.8. The quantitative estimate of drug-likeness (QED) is 0.361. The van der Waals surface area contributed by atoms with Crippen LogP contribution in [-0.4, -0.2) is 18.9 Å². The van der Waals surface area contributed by atoms with Gasteiger partial charge in [-0.3, -0.25) is 0 Å². The van der Waals surface area contributed by atoms with Gasteiger partial charge in [-0.2, -0.15) is 0 Å². The van der Waals surface area contributed by atoms with Crippen molar-refractivity contribution in [1.29, 1.82) is 0 Å². The van der Waals surface area contributed by atoms with Crippen molar-refractivity contribution in [3.05, 3.63) is 57.6 Å². The smallest absolute Gasteiger partial charge is 0.410 e. The molecule has 0 amide bonds. The van der Waals surface area contributed by atoms with Crippen LogP contribution < -0.4 is 9.64 Å². The van der Waals surface area contributed by atoms with Gasteiger partial charge in [-0.05, 0) is 69.2 Å². The molecular weight excluding hydrogens is 361 g/mol. The van der Waals surface area contributed by atoms with Gasteiger partial charge < -0.3 is 14.4 Å². The lowest BCUT2D eigenvalue weighted by molar-refractivity contribution is 0.0645. The molecule has 0 radical (unpaired) electrons. The van der Waals surface area contributed by atoms with E-state index in [-0.39, 0.29) is 0 Å². The van der Waals surface area contributed by atoms with Crippen molar-refractivity contribution < 1.29 is 14.3 Å². The molecule has 0 fully saturated rings. The van der Waals surface area contributed by atoms with E-state index in [9.17, 15) is 4.79 Å². The van der Waals surface area contributed by atoms with Gasteiger partial charge in [0.15, 0.2) is 6.23 Å². The maximum atomic E-state index is 12.1. The highest BCUT2D eigenvalue weighted by molar-refractivity contribution is 6.32. The number of anilines is 1. The molecule has 0 saturated heterocycles. The van der Waals surface area contributed by atoms with E-state index in [0.717, 1.165) is 16.8 Å². The van der Waals surface area contributed by atoms with Crippen LogP contribution in [0.1, 0.15) is 25.0 Å². The van der Waals surface area contributed by atoms with Gasteiger partial charge in [0.2, 0.25) is 0 Å². The molecule has 0 spiro atoms. The predicted octanol–water partition coefficient (Wildman–Crippen LogP) is 6.00. The van der Waals surface area contributed by atoms with E-state index in [1.807, 2.05) is 43.9 Å². The van der Waals surface area contributed by atoms with Crippen molar-refractivity contribution in [3.63, 3.8) is 0 Å². The first kappa shape index (κ1) is 19.4. The average molecular weight is 382 g/mol. The van der Waals surface area contributed by atoms with E-state index in [4.69, 9.17) is 32.7 Å². The summed E-state index contributed by atoms with van der Waals surface area (Å²) >= 11 is 12.2. The van der Waals surface area contributed by atoms with Gasteiger partial charge in [-0.25, -0.2) is 4.79 Å². The zero-order valence-corrected chi connectivity index (χ0v) is 16.2. The Morgan fingerprint density at radius 2 is 1.80 bits per heavy atom. The summed E-state index contributed by atoms with van der Waals surface area (Å²) in [6.45, 7) is 8.11. The second-order valence-corrected chi connectivity index (χ2v) is 6.52. The first-order valence-corrected chi connectivity index (χ1v) is 8.74. The zero-order valence-electron chi connectivity index (χ0n) is 14.7. The summed E-state index contributed by atoms with van der Waals surface area (Å²) in [5, 5.41) is 1.28. The van der Waals surface area contributed by atoms with Crippen LogP contribution in [0, 0.1) is 13.8 Å². The van der Waals surface area contributed by atoms with Gasteiger partial charge in [0.1, 0.15) is 5.75 Å². The van der Waals surface area contributed by atoms with Crippen LogP contribution in [-0.2, 0) is 4.74 Å². The van der Waals surface area contributed by atoms with E-state index in [1.165, 1.54) is 0 Å². The fraction of sp³-hybridized carbons (Fsp3) is 0.316. The molecule has 6 heteroatoms.